The molecular weight excluding hydrogens is 312 g/mol. The first kappa shape index (κ1) is 17.0. The molecule has 0 atom stereocenters. The highest BCUT2D eigenvalue weighted by Gasteiger charge is 2.16. The summed E-state index contributed by atoms with van der Waals surface area (Å²) < 4.78 is 27.2. The molecule has 0 spiro atoms. The fourth-order valence-electron chi connectivity index (χ4n) is 2.14. The molecule has 0 bridgehead atoms. The summed E-state index contributed by atoms with van der Waals surface area (Å²) >= 11 is 0. The second kappa shape index (κ2) is 7.28. The standard InChI is InChI=1S/C17H20N2O3S/c1-14(20)19(2)17-11-7-6-10-16(17)18-23(21,22)13-12-15-8-4-3-5-9-15/h3-11,18H,12-13H2,1-2H3. The smallest absolute Gasteiger partial charge is 0.233 e. The number of rotatable bonds is 6. The van der Waals surface area contributed by atoms with Crippen LogP contribution in [0.4, 0.5) is 11.4 Å². The minimum atomic E-state index is -3.50. The molecule has 2 rings (SSSR count). The van der Waals surface area contributed by atoms with E-state index in [9.17, 15) is 13.2 Å². The van der Waals surface area contributed by atoms with E-state index in [1.54, 1.807) is 31.3 Å². The maximum absolute atomic E-state index is 12.3. The Labute approximate surface area is 137 Å². The zero-order chi connectivity index (χ0) is 16.9. The molecule has 5 nitrogen and oxygen atoms in total. The van der Waals surface area contributed by atoms with E-state index in [1.807, 2.05) is 30.3 Å². The molecular formula is C17H20N2O3S. The van der Waals surface area contributed by atoms with E-state index in [1.165, 1.54) is 11.8 Å². The molecule has 0 saturated carbocycles. The lowest BCUT2D eigenvalue weighted by atomic mass is 10.2. The lowest BCUT2D eigenvalue weighted by Gasteiger charge is -2.19. The lowest BCUT2D eigenvalue weighted by Crippen LogP contribution is -2.25. The summed E-state index contributed by atoms with van der Waals surface area (Å²) in [6, 6.07) is 16.3. The Morgan fingerprint density at radius 3 is 2.30 bits per heavy atom. The number of benzene rings is 2. The van der Waals surface area contributed by atoms with Crippen LogP contribution in [0.2, 0.25) is 0 Å². The first-order valence-electron chi connectivity index (χ1n) is 7.27. The van der Waals surface area contributed by atoms with Crippen molar-refractivity contribution >= 4 is 27.3 Å². The minimum absolute atomic E-state index is 0.0187. The monoisotopic (exact) mass is 332 g/mol. The summed E-state index contributed by atoms with van der Waals surface area (Å²) in [5.74, 6) is -0.185. The van der Waals surface area contributed by atoms with E-state index in [0.717, 1.165) is 5.56 Å². The van der Waals surface area contributed by atoms with Gasteiger partial charge in [-0.05, 0) is 24.1 Å². The number of carbonyl (C=O) groups excluding carboxylic acids is 1. The van der Waals surface area contributed by atoms with Crippen LogP contribution in [0, 0.1) is 0 Å². The Kier molecular flexibility index (Phi) is 5.39. The number of anilines is 2. The third kappa shape index (κ3) is 4.82. The molecule has 0 aliphatic rings. The molecule has 23 heavy (non-hydrogen) atoms. The van der Waals surface area contributed by atoms with E-state index >= 15 is 0 Å². The van der Waals surface area contributed by atoms with Gasteiger partial charge >= 0.3 is 0 Å². The lowest BCUT2D eigenvalue weighted by molar-refractivity contribution is -0.116. The summed E-state index contributed by atoms with van der Waals surface area (Å²) in [6.45, 7) is 1.43. The Balaban J connectivity index is 2.13. The molecule has 6 heteroatoms. The number of sulfonamides is 1. The number of carbonyl (C=O) groups is 1. The summed E-state index contributed by atoms with van der Waals surface area (Å²) in [6.07, 6.45) is 0.431. The van der Waals surface area contributed by atoms with Crippen LogP contribution in [0.3, 0.4) is 0 Å². The van der Waals surface area contributed by atoms with Crippen molar-refractivity contribution in [1.82, 2.24) is 0 Å². The Morgan fingerprint density at radius 2 is 1.65 bits per heavy atom. The van der Waals surface area contributed by atoms with Crippen LogP contribution in [0.25, 0.3) is 0 Å². The van der Waals surface area contributed by atoms with Gasteiger partial charge in [0.15, 0.2) is 0 Å². The molecule has 2 aromatic rings. The van der Waals surface area contributed by atoms with Crippen molar-refractivity contribution in [2.45, 2.75) is 13.3 Å². The number of amides is 1. The molecule has 0 saturated heterocycles. The minimum Gasteiger partial charge on any atom is -0.314 e. The highest BCUT2D eigenvalue weighted by Crippen LogP contribution is 2.25. The van der Waals surface area contributed by atoms with Crippen molar-refractivity contribution < 1.29 is 13.2 Å². The Bertz CT molecular complexity index is 773. The van der Waals surface area contributed by atoms with Crippen molar-refractivity contribution in [1.29, 1.82) is 0 Å². The molecule has 0 fully saturated rings. The van der Waals surface area contributed by atoms with Gasteiger partial charge in [0, 0.05) is 14.0 Å². The molecule has 0 aliphatic carbocycles. The van der Waals surface area contributed by atoms with Gasteiger partial charge in [-0.1, -0.05) is 42.5 Å². The van der Waals surface area contributed by atoms with Gasteiger partial charge in [0.2, 0.25) is 15.9 Å². The van der Waals surface area contributed by atoms with Crippen molar-refractivity contribution in [3.05, 3.63) is 60.2 Å². The van der Waals surface area contributed by atoms with Gasteiger partial charge in [-0.3, -0.25) is 9.52 Å². The fourth-order valence-corrected chi connectivity index (χ4v) is 3.25. The number of aryl methyl sites for hydroxylation is 1. The molecule has 1 N–H and O–H groups in total. The third-order valence-electron chi connectivity index (χ3n) is 3.51. The highest BCUT2D eigenvalue weighted by atomic mass is 32.2. The zero-order valence-electron chi connectivity index (χ0n) is 13.2. The second-order valence-electron chi connectivity index (χ2n) is 5.25. The maximum Gasteiger partial charge on any atom is 0.233 e. The van der Waals surface area contributed by atoms with Gasteiger partial charge in [-0.15, -0.1) is 0 Å². The van der Waals surface area contributed by atoms with E-state index in [0.29, 0.717) is 17.8 Å². The largest absolute Gasteiger partial charge is 0.314 e. The average molecular weight is 332 g/mol. The predicted molar refractivity (Wildman–Crippen MR) is 93.1 cm³/mol. The summed E-state index contributed by atoms with van der Waals surface area (Å²) in [4.78, 5) is 12.9. The topological polar surface area (TPSA) is 66.5 Å². The van der Waals surface area contributed by atoms with Crippen LogP contribution in [0.15, 0.2) is 54.6 Å². The number of nitrogens with zero attached hydrogens (tertiary/aromatic N) is 1. The second-order valence-corrected chi connectivity index (χ2v) is 7.09. The normalized spacial score (nSPS) is 11.0. The molecule has 2 aromatic carbocycles. The van der Waals surface area contributed by atoms with Crippen molar-refractivity contribution in [3.63, 3.8) is 0 Å². The van der Waals surface area contributed by atoms with Crippen LogP contribution in [0.1, 0.15) is 12.5 Å². The van der Waals surface area contributed by atoms with Crippen LogP contribution < -0.4 is 9.62 Å². The van der Waals surface area contributed by atoms with Crippen molar-refractivity contribution in [3.8, 4) is 0 Å². The quantitative estimate of drug-likeness (QED) is 0.884. The van der Waals surface area contributed by atoms with Crippen LogP contribution in [-0.4, -0.2) is 27.1 Å². The maximum atomic E-state index is 12.3. The fraction of sp³-hybridized carbons (Fsp3) is 0.235. The number of hydrogen-bond acceptors (Lipinski definition) is 3. The van der Waals surface area contributed by atoms with Gasteiger partial charge in [0.05, 0.1) is 17.1 Å². The number of nitrogens with one attached hydrogen (secondary N) is 1. The van der Waals surface area contributed by atoms with E-state index in [4.69, 9.17) is 0 Å². The zero-order valence-corrected chi connectivity index (χ0v) is 14.0. The van der Waals surface area contributed by atoms with Gasteiger partial charge in [0.1, 0.15) is 0 Å². The SMILES string of the molecule is CC(=O)N(C)c1ccccc1NS(=O)(=O)CCc1ccccc1. The van der Waals surface area contributed by atoms with E-state index in [2.05, 4.69) is 4.72 Å². The van der Waals surface area contributed by atoms with Gasteiger partial charge in [0.25, 0.3) is 0 Å². The van der Waals surface area contributed by atoms with Gasteiger partial charge in [-0.25, -0.2) is 8.42 Å². The molecule has 0 aromatic heterocycles. The predicted octanol–water partition coefficient (Wildman–Crippen LogP) is 2.65. The summed E-state index contributed by atoms with van der Waals surface area (Å²) in [5, 5.41) is 0. The Morgan fingerprint density at radius 1 is 1.04 bits per heavy atom. The summed E-state index contributed by atoms with van der Waals surface area (Å²) in [5.41, 5.74) is 1.90. The van der Waals surface area contributed by atoms with Crippen LogP contribution >= 0.6 is 0 Å². The molecule has 122 valence electrons. The van der Waals surface area contributed by atoms with Crippen molar-refractivity contribution in [2.75, 3.05) is 22.4 Å². The third-order valence-corrected chi connectivity index (χ3v) is 4.78. The molecule has 1 amide bonds. The first-order chi connectivity index (χ1) is 10.9. The van der Waals surface area contributed by atoms with Crippen LogP contribution in [0.5, 0.6) is 0 Å². The number of para-hydroxylation sites is 2. The van der Waals surface area contributed by atoms with Gasteiger partial charge < -0.3 is 4.90 Å². The average Bonchev–Trinajstić information content (AvgIpc) is 2.53. The van der Waals surface area contributed by atoms with Crippen molar-refractivity contribution in [2.24, 2.45) is 0 Å². The van der Waals surface area contributed by atoms with E-state index < -0.39 is 10.0 Å². The molecule has 0 unspecified atom stereocenters. The summed E-state index contributed by atoms with van der Waals surface area (Å²) in [7, 11) is -1.89. The number of hydrogen-bond donors (Lipinski definition) is 1. The Hall–Kier alpha value is -2.34. The van der Waals surface area contributed by atoms with E-state index in [-0.39, 0.29) is 11.7 Å². The molecule has 0 aliphatic heterocycles. The first-order valence-corrected chi connectivity index (χ1v) is 8.92. The van der Waals surface area contributed by atoms with Crippen LogP contribution in [-0.2, 0) is 21.2 Å². The highest BCUT2D eigenvalue weighted by molar-refractivity contribution is 7.92. The molecule has 0 radical (unpaired) electrons. The van der Waals surface area contributed by atoms with Gasteiger partial charge in [-0.2, -0.15) is 0 Å². The molecule has 0 heterocycles.